The number of allylic oxidation sites excluding steroid dienone is 1. The summed E-state index contributed by atoms with van der Waals surface area (Å²) in [5.41, 5.74) is 3.96. The van der Waals surface area contributed by atoms with E-state index in [2.05, 4.69) is 63.3 Å². The van der Waals surface area contributed by atoms with Gasteiger partial charge in [-0.25, -0.2) is 0 Å². The zero-order chi connectivity index (χ0) is 28.3. The fourth-order valence-electron chi connectivity index (χ4n) is 8.85. The van der Waals surface area contributed by atoms with Gasteiger partial charge in [0.05, 0.1) is 29.1 Å². The van der Waals surface area contributed by atoms with E-state index in [4.69, 9.17) is 4.43 Å². The third kappa shape index (κ3) is 7.92. The van der Waals surface area contributed by atoms with Crippen LogP contribution >= 0.6 is 7.26 Å². The molecule has 3 aliphatic carbocycles. The van der Waals surface area contributed by atoms with E-state index in [0.29, 0.717) is 0 Å². The van der Waals surface area contributed by atoms with Crippen molar-refractivity contribution >= 4 is 27.6 Å². The Morgan fingerprint density at radius 3 is 1.65 bits per heavy atom. The van der Waals surface area contributed by atoms with Crippen LogP contribution < -0.4 is 0 Å². The molecule has 0 radical (unpaired) electrons. The number of rotatable bonds is 13. The topological polar surface area (TPSA) is 26.3 Å². The molecular weight excluding hydrogens is 523 g/mol. The predicted molar refractivity (Wildman–Crippen MR) is 179 cm³/mol. The average Bonchev–Trinajstić information content (AvgIpc) is 3.03. The first-order valence-corrected chi connectivity index (χ1v) is 22.1. The van der Waals surface area contributed by atoms with Gasteiger partial charge in [0.15, 0.2) is 0 Å². The molecule has 4 rings (SSSR count). The zero-order valence-corrected chi connectivity index (χ0v) is 28.2. The number of carbonyl (C=O) groups is 1. The SMILES string of the molecule is CC[Si](CC)(CC)OC(=O)C(C/C=C/c1ccccc1)C[P+](C1CCCCC1)(C1CCCCC1)C1CCCCC1. The highest BCUT2D eigenvalue weighted by Gasteiger charge is 2.58. The van der Waals surface area contributed by atoms with Gasteiger partial charge >= 0.3 is 0 Å². The molecule has 3 aliphatic rings. The maximum Gasteiger partial charge on any atom is 0.299 e. The van der Waals surface area contributed by atoms with Gasteiger partial charge in [-0.15, -0.1) is 0 Å². The van der Waals surface area contributed by atoms with Crippen molar-refractivity contribution in [3.8, 4) is 0 Å². The van der Waals surface area contributed by atoms with E-state index in [1.165, 1.54) is 108 Å². The van der Waals surface area contributed by atoms with Gasteiger partial charge in [-0.1, -0.05) is 82.5 Å². The molecule has 0 N–H and O–H groups in total. The molecular formula is C36H60O2PSi+. The van der Waals surface area contributed by atoms with Gasteiger partial charge in [0.25, 0.3) is 14.3 Å². The Kier molecular flexibility index (Phi) is 12.9. The minimum Gasteiger partial charge on any atom is -0.519 e. The normalized spacial score (nSPS) is 21.5. The zero-order valence-electron chi connectivity index (χ0n) is 26.3. The van der Waals surface area contributed by atoms with Gasteiger partial charge in [0.2, 0.25) is 0 Å². The van der Waals surface area contributed by atoms with Crippen molar-refractivity contribution < 1.29 is 9.22 Å². The summed E-state index contributed by atoms with van der Waals surface area (Å²) < 4.78 is 6.74. The van der Waals surface area contributed by atoms with Crippen molar-refractivity contribution in [3.63, 3.8) is 0 Å². The fraction of sp³-hybridized carbons (Fsp3) is 0.750. The van der Waals surface area contributed by atoms with Gasteiger partial charge in [-0.3, -0.25) is 4.79 Å². The van der Waals surface area contributed by atoms with Gasteiger partial charge in [-0.05, 0) is 107 Å². The van der Waals surface area contributed by atoms with Crippen molar-refractivity contribution in [1.82, 2.24) is 0 Å². The first kappa shape index (κ1) is 32.0. The Hall–Kier alpha value is -0.923. The van der Waals surface area contributed by atoms with E-state index < -0.39 is 15.6 Å². The summed E-state index contributed by atoms with van der Waals surface area (Å²) in [5, 5.41) is 0. The lowest BCUT2D eigenvalue weighted by atomic mass is 9.98. The largest absolute Gasteiger partial charge is 0.519 e. The van der Waals surface area contributed by atoms with Crippen LogP contribution in [0.25, 0.3) is 6.08 Å². The molecule has 224 valence electrons. The third-order valence-electron chi connectivity index (χ3n) is 11.4. The Labute approximate surface area is 249 Å². The minimum atomic E-state index is -2.00. The van der Waals surface area contributed by atoms with E-state index in [1.54, 1.807) is 0 Å². The lowest BCUT2D eigenvalue weighted by Gasteiger charge is -2.50. The molecule has 1 aromatic carbocycles. The number of benzene rings is 1. The molecule has 1 unspecified atom stereocenters. The number of hydrogen-bond donors (Lipinski definition) is 0. The number of hydrogen-bond acceptors (Lipinski definition) is 2. The molecule has 0 amide bonds. The van der Waals surface area contributed by atoms with Crippen LogP contribution in [0.4, 0.5) is 0 Å². The smallest absolute Gasteiger partial charge is 0.299 e. The Balaban J connectivity index is 1.71. The van der Waals surface area contributed by atoms with Crippen LogP contribution in [0.2, 0.25) is 18.1 Å². The van der Waals surface area contributed by atoms with Crippen molar-refractivity contribution in [2.45, 2.75) is 159 Å². The molecule has 1 aromatic rings. The summed E-state index contributed by atoms with van der Waals surface area (Å²) in [5.74, 6) is 0.220. The molecule has 4 heteroatoms. The minimum absolute atomic E-state index is 0.0376. The molecule has 0 saturated heterocycles. The quantitative estimate of drug-likeness (QED) is 0.170. The van der Waals surface area contributed by atoms with Gasteiger partial charge in [0.1, 0.15) is 0 Å². The first-order valence-electron chi connectivity index (χ1n) is 17.4. The van der Waals surface area contributed by atoms with Crippen LogP contribution in [0.5, 0.6) is 0 Å². The Bertz CT molecular complexity index is 839. The van der Waals surface area contributed by atoms with Crippen molar-refractivity contribution in [3.05, 3.63) is 42.0 Å². The van der Waals surface area contributed by atoms with E-state index in [1.807, 2.05) is 0 Å². The Morgan fingerprint density at radius 2 is 1.23 bits per heavy atom. The summed E-state index contributed by atoms with van der Waals surface area (Å²) in [6.45, 7) is 6.79. The highest BCUT2D eigenvalue weighted by molar-refractivity contribution is 7.78. The van der Waals surface area contributed by atoms with Crippen LogP contribution in [-0.4, -0.2) is 37.4 Å². The third-order valence-corrected chi connectivity index (χ3v) is 22.6. The molecule has 2 nitrogen and oxygen atoms in total. The maximum atomic E-state index is 14.4. The molecule has 0 aromatic heterocycles. The van der Waals surface area contributed by atoms with Gasteiger partial charge < -0.3 is 4.43 Å². The average molecular weight is 584 g/mol. The summed E-state index contributed by atoms with van der Waals surface area (Å²) in [7, 11) is -3.36. The van der Waals surface area contributed by atoms with Crippen LogP contribution in [-0.2, 0) is 9.22 Å². The summed E-state index contributed by atoms with van der Waals surface area (Å²) in [4.78, 5) is 14.4. The van der Waals surface area contributed by atoms with Gasteiger partial charge in [0, 0.05) is 7.26 Å². The molecule has 3 fully saturated rings. The monoisotopic (exact) mass is 583 g/mol. The molecule has 1 atom stereocenters. The van der Waals surface area contributed by atoms with Crippen molar-refractivity contribution in [2.24, 2.45) is 5.92 Å². The van der Waals surface area contributed by atoms with Gasteiger partial charge in [-0.2, -0.15) is 0 Å². The van der Waals surface area contributed by atoms with E-state index in [9.17, 15) is 4.79 Å². The second-order valence-corrected chi connectivity index (χ2v) is 22.7. The standard InChI is InChI=1S/C36H60O2PSi/c1-4-40(5-2,6-3)38-36(37)32(23-19-22-31-20-11-7-12-21-31)30-39(33-24-13-8-14-25-33,34-26-15-9-16-27-34)35-28-17-10-18-29-35/h7,11-12,19-22,32-35H,4-6,8-10,13-18,23-30H2,1-3H3/q+1/b22-19+. The molecule has 40 heavy (non-hydrogen) atoms. The molecule has 0 heterocycles. The summed E-state index contributed by atoms with van der Waals surface area (Å²) >= 11 is 0. The van der Waals surface area contributed by atoms with Crippen LogP contribution in [0, 0.1) is 5.92 Å². The van der Waals surface area contributed by atoms with E-state index in [-0.39, 0.29) is 11.9 Å². The second-order valence-electron chi connectivity index (χ2n) is 13.5. The predicted octanol–water partition coefficient (Wildman–Crippen LogP) is 11.3. The van der Waals surface area contributed by atoms with Crippen LogP contribution in [0.15, 0.2) is 36.4 Å². The Morgan fingerprint density at radius 1 is 0.775 bits per heavy atom. The summed E-state index contributed by atoms with van der Waals surface area (Å²) in [6.07, 6.45) is 28.1. The molecule has 0 aliphatic heterocycles. The molecule has 0 bridgehead atoms. The van der Waals surface area contributed by atoms with Crippen molar-refractivity contribution in [2.75, 3.05) is 6.16 Å². The first-order chi connectivity index (χ1) is 19.6. The summed E-state index contributed by atoms with van der Waals surface area (Å²) in [6, 6.07) is 13.8. The molecule has 3 saturated carbocycles. The number of carbonyl (C=O) groups excluding carboxylic acids is 1. The van der Waals surface area contributed by atoms with Crippen LogP contribution in [0.3, 0.4) is 0 Å². The lowest BCUT2D eigenvalue weighted by Crippen LogP contribution is -2.43. The van der Waals surface area contributed by atoms with E-state index >= 15 is 0 Å². The molecule has 0 spiro atoms. The highest BCUT2D eigenvalue weighted by atomic mass is 31.2. The highest BCUT2D eigenvalue weighted by Crippen LogP contribution is 2.78. The van der Waals surface area contributed by atoms with E-state index in [0.717, 1.165) is 41.5 Å². The maximum absolute atomic E-state index is 14.4. The fourth-order valence-corrected chi connectivity index (χ4v) is 19.1. The van der Waals surface area contributed by atoms with Crippen LogP contribution in [0.1, 0.15) is 129 Å². The second kappa shape index (κ2) is 16.1. The lowest BCUT2D eigenvalue weighted by molar-refractivity contribution is -0.139. The van der Waals surface area contributed by atoms with Crippen molar-refractivity contribution in [1.29, 1.82) is 0 Å².